The maximum atomic E-state index is 6.36. The normalized spacial score (nSPS) is 21.5. The van der Waals surface area contributed by atoms with Crippen LogP contribution in [-0.4, -0.2) is 12.2 Å². The van der Waals surface area contributed by atoms with Crippen LogP contribution in [0.5, 0.6) is 11.5 Å². The highest BCUT2D eigenvalue weighted by atomic mass is 16.5. The molecule has 0 bridgehead atoms. The van der Waals surface area contributed by atoms with Crippen molar-refractivity contribution in [3.8, 4) is 45.6 Å². The number of fused-ring (bicyclic) bond motifs is 6. The van der Waals surface area contributed by atoms with Crippen LogP contribution in [0.2, 0.25) is 0 Å². The number of ether oxygens (including phenoxy) is 2. The summed E-state index contributed by atoms with van der Waals surface area (Å²) in [5.41, 5.74) is 15.4. The van der Waals surface area contributed by atoms with E-state index in [0.717, 1.165) is 59.0 Å². The smallest absolute Gasteiger partial charge is 0.128 e. The van der Waals surface area contributed by atoms with E-state index in [9.17, 15) is 0 Å². The minimum Gasteiger partial charge on any atom is -0.485 e. The molecule has 3 heteroatoms. The predicted octanol–water partition coefficient (Wildman–Crippen LogP) is 13.4. The second kappa shape index (κ2) is 14.5. The summed E-state index contributed by atoms with van der Waals surface area (Å²) in [7, 11) is 0. The zero-order valence-corrected chi connectivity index (χ0v) is 32.1. The first-order valence-corrected chi connectivity index (χ1v) is 20.4. The van der Waals surface area contributed by atoms with Gasteiger partial charge in [0.15, 0.2) is 0 Å². The topological polar surface area (TPSA) is 21.7 Å². The average molecular weight is 748 g/mol. The fourth-order valence-corrected chi connectivity index (χ4v) is 9.29. The second-order valence-electron chi connectivity index (χ2n) is 15.6. The summed E-state index contributed by atoms with van der Waals surface area (Å²) < 4.78 is 12.7. The molecule has 2 heterocycles. The van der Waals surface area contributed by atoms with Crippen molar-refractivity contribution in [1.82, 2.24) is 0 Å². The Balaban J connectivity index is 0.949. The minimum atomic E-state index is 0.0493. The Morgan fingerprint density at radius 3 is 1.57 bits per heavy atom. The van der Waals surface area contributed by atoms with Crippen LogP contribution in [0.1, 0.15) is 47.8 Å². The molecule has 0 saturated heterocycles. The number of hydrogen-bond donors (Lipinski definition) is 0. The van der Waals surface area contributed by atoms with Gasteiger partial charge >= 0.3 is 0 Å². The number of anilines is 3. The molecule has 0 amide bonds. The van der Waals surface area contributed by atoms with Crippen LogP contribution in [-0.2, 0) is 0 Å². The zero-order chi connectivity index (χ0) is 38.4. The fourth-order valence-electron chi connectivity index (χ4n) is 9.29. The van der Waals surface area contributed by atoms with E-state index < -0.39 is 0 Å². The van der Waals surface area contributed by atoms with Crippen molar-refractivity contribution in [3.63, 3.8) is 0 Å². The van der Waals surface area contributed by atoms with Crippen LogP contribution in [0.25, 0.3) is 27.8 Å². The molecule has 4 atom stereocenters. The minimum absolute atomic E-state index is 0.0493. The lowest BCUT2D eigenvalue weighted by Crippen LogP contribution is -2.15. The summed E-state index contributed by atoms with van der Waals surface area (Å²) in [6, 6.07) is 39.7. The molecule has 0 saturated carbocycles. The zero-order valence-electron chi connectivity index (χ0n) is 32.1. The molecule has 2 aliphatic heterocycles. The third-order valence-electron chi connectivity index (χ3n) is 12.2. The highest BCUT2D eigenvalue weighted by Gasteiger charge is 2.35. The van der Waals surface area contributed by atoms with Gasteiger partial charge in [-0.15, -0.1) is 0 Å². The molecule has 58 heavy (non-hydrogen) atoms. The highest BCUT2D eigenvalue weighted by molar-refractivity contribution is 5.85. The van der Waals surface area contributed by atoms with E-state index in [1.807, 2.05) is 0 Å². The monoisotopic (exact) mass is 747 g/mol. The predicted molar refractivity (Wildman–Crippen MR) is 238 cm³/mol. The lowest BCUT2D eigenvalue weighted by molar-refractivity contribution is 0.269. The number of nitrogens with zero attached hydrogens (tertiary/aromatic N) is 1. The quantitative estimate of drug-likeness (QED) is 0.155. The fraction of sp³-hybridized carbons (Fsp3) is 0.127. The van der Waals surface area contributed by atoms with Crippen molar-refractivity contribution in [2.45, 2.75) is 43.3 Å². The maximum Gasteiger partial charge on any atom is 0.128 e. The lowest BCUT2D eigenvalue weighted by atomic mass is 9.86. The van der Waals surface area contributed by atoms with Crippen molar-refractivity contribution in [3.05, 3.63) is 216 Å². The summed E-state index contributed by atoms with van der Waals surface area (Å²) in [4.78, 5) is 2.35. The summed E-state index contributed by atoms with van der Waals surface area (Å²) in [5, 5.41) is 0. The van der Waals surface area contributed by atoms with Crippen LogP contribution in [0.15, 0.2) is 199 Å². The molecule has 0 aromatic heterocycles. The van der Waals surface area contributed by atoms with Gasteiger partial charge in [0.1, 0.15) is 23.7 Å². The number of benzene rings is 5. The number of hydrogen-bond acceptors (Lipinski definition) is 3. The second-order valence-corrected chi connectivity index (χ2v) is 15.6. The molecular weight excluding hydrogens is 707 g/mol. The molecule has 0 spiro atoms. The van der Waals surface area contributed by atoms with Crippen LogP contribution in [0.4, 0.5) is 17.1 Å². The van der Waals surface area contributed by atoms with Crippen LogP contribution >= 0.6 is 0 Å². The lowest BCUT2D eigenvalue weighted by Gasteiger charge is -2.26. The van der Waals surface area contributed by atoms with Gasteiger partial charge in [0, 0.05) is 52.0 Å². The molecule has 0 N–H and O–H groups in total. The number of allylic oxidation sites excluding steroid dienone is 12. The van der Waals surface area contributed by atoms with Crippen molar-refractivity contribution < 1.29 is 9.47 Å². The third-order valence-corrected chi connectivity index (χ3v) is 12.2. The van der Waals surface area contributed by atoms with E-state index in [1.165, 1.54) is 44.5 Å². The summed E-state index contributed by atoms with van der Waals surface area (Å²) >= 11 is 0. The van der Waals surface area contributed by atoms with Gasteiger partial charge in [-0.25, -0.2) is 0 Å². The van der Waals surface area contributed by atoms with E-state index in [2.05, 4.69) is 205 Å². The van der Waals surface area contributed by atoms with E-state index in [-0.39, 0.29) is 24.0 Å². The Labute approximate surface area is 340 Å². The van der Waals surface area contributed by atoms with Gasteiger partial charge < -0.3 is 14.4 Å². The molecule has 278 valence electrons. The summed E-state index contributed by atoms with van der Waals surface area (Å²) in [6.07, 6.45) is 31.4. The molecular formula is C55H41NO2. The van der Waals surface area contributed by atoms with E-state index >= 15 is 0 Å². The van der Waals surface area contributed by atoms with E-state index in [1.54, 1.807) is 0 Å². The molecule has 4 aliphatic carbocycles. The molecule has 11 rings (SSSR count). The van der Waals surface area contributed by atoms with Gasteiger partial charge in [0.25, 0.3) is 0 Å². The Hall–Kier alpha value is -7.02. The largest absolute Gasteiger partial charge is 0.485 e. The Morgan fingerprint density at radius 2 is 1.03 bits per heavy atom. The molecule has 0 fully saturated rings. The van der Waals surface area contributed by atoms with Gasteiger partial charge in [0.05, 0.1) is 0 Å². The van der Waals surface area contributed by atoms with Crippen LogP contribution < -0.4 is 14.4 Å². The first-order chi connectivity index (χ1) is 28.7. The average Bonchev–Trinajstić information content (AvgIpc) is 3.77. The summed E-state index contributed by atoms with van der Waals surface area (Å²) in [6.45, 7) is 0. The van der Waals surface area contributed by atoms with Gasteiger partial charge in [-0.2, -0.15) is 0 Å². The van der Waals surface area contributed by atoms with Gasteiger partial charge in [-0.1, -0.05) is 133 Å². The van der Waals surface area contributed by atoms with Crippen molar-refractivity contribution in [1.29, 1.82) is 0 Å². The first kappa shape index (κ1) is 34.2. The maximum absolute atomic E-state index is 6.36. The van der Waals surface area contributed by atoms with Gasteiger partial charge in [0.2, 0.25) is 0 Å². The molecule has 5 aromatic rings. The SMILES string of the molecule is C1#CC(c2ccc(N(c3ccc(-c4cccc5c4C4C=CC=CC4O5)cc3)c3ccc(-c4cccc5c4C4C=CC=CC4O5)cc3)cc2)=CC=C(C2=CC=CCC2)C1. The van der Waals surface area contributed by atoms with Crippen LogP contribution in [0.3, 0.4) is 0 Å². The van der Waals surface area contributed by atoms with E-state index in [0.29, 0.717) is 0 Å². The Morgan fingerprint density at radius 1 is 0.500 bits per heavy atom. The van der Waals surface area contributed by atoms with E-state index in [4.69, 9.17) is 9.47 Å². The molecule has 5 aromatic carbocycles. The third kappa shape index (κ3) is 6.10. The van der Waals surface area contributed by atoms with Crippen molar-refractivity contribution in [2.24, 2.45) is 0 Å². The molecule has 3 nitrogen and oxygen atoms in total. The van der Waals surface area contributed by atoms with Crippen LogP contribution in [0, 0.1) is 11.8 Å². The van der Waals surface area contributed by atoms with Gasteiger partial charge in [-0.05, 0) is 119 Å². The van der Waals surface area contributed by atoms with Gasteiger partial charge in [-0.3, -0.25) is 0 Å². The molecule has 4 unspecified atom stereocenters. The first-order valence-electron chi connectivity index (χ1n) is 20.4. The Kier molecular flexibility index (Phi) is 8.55. The molecule has 6 aliphatic rings. The Bertz CT molecular complexity index is 2630. The number of rotatable bonds is 7. The standard InChI is InChI=1S/C55H41NO2/c1-2-11-37(12-3-1)38-13-8-14-39(24-23-38)40-25-31-43(32-26-40)56(44-33-27-41(28-34-44)46-17-9-21-52-54(46)48-15-4-6-19-50(48)57-52)45-35-29-42(30-36-45)47-18-10-22-53-55(47)49-16-5-7-20-51(49)58-53/h1-2,4-7,9-11,15-36,48-51H,3,12-13H2. The highest BCUT2D eigenvalue weighted by Crippen LogP contribution is 2.48. The molecule has 0 radical (unpaired) electrons. The van der Waals surface area contributed by atoms with Crippen molar-refractivity contribution in [2.75, 3.05) is 4.90 Å². The summed E-state index contributed by atoms with van der Waals surface area (Å²) in [5.74, 6) is 9.28. The van der Waals surface area contributed by atoms with Crippen molar-refractivity contribution >= 4 is 22.6 Å².